The van der Waals surface area contributed by atoms with E-state index in [-0.39, 0.29) is 5.43 Å². The van der Waals surface area contributed by atoms with Gasteiger partial charge in [0.25, 0.3) is 0 Å². The molecular weight excluding hydrogens is 508 g/mol. The van der Waals surface area contributed by atoms with Crippen LogP contribution < -0.4 is 10.2 Å². The van der Waals surface area contributed by atoms with Crippen molar-refractivity contribution in [3.05, 3.63) is 47.2 Å². The molecule has 0 saturated heterocycles. The molecule has 1 aliphatic heterocycles. The summed E-state index contributed by atoms with van der Waals surface area (Å²) in [5.41, 5.74) is 1.62. The fourth-order valence-corrected chi connectivity index (χ4v) is 4.08. The molecule has 1 heterocycles. The van der Waals surface area contributed by atoms with Gasteiger partial charge in [0, 0.05) is 17.0 Å². The number of rotatable bonds is 2. The minimum absolute atomic E-state index is 0.0818. The van der Waals surface area contributed by atoms with Gasteiger partial charge in [-0.2, -0.15) is 5.26 Å². The van der Waals surface area contributed by atoms with Crippen LogP contribution in [0.15, 0.2) is 33.5 Å². The Hall–Kier alpha value is -1.34. The lowest BCUT2D eigenvalue weighted by Crippen LogP contribution is -2.12. The van der Waals surface area contributed by atoms with Gasteiger partial charge in [0.2, 0.25) is 5.43 Å². The van der Waals surface area contributed by atoms with Gasteiger partial charge in [0.1, 0.15) is 21.0 Å². The fraction of sp³-hybridized carbons (Fsp3) is 0.125. The second kappa shape index (κ2) is 6.04. The molecule has 1 aromatic carbocycles. The van der Waals surface area contributed by atoms with E-state index >= 15 is 0 Å². The Labute approximate surface area is 153 Å². The predicted octanol–water partition coefficient (Wildman–Crippen LogP) is 4.38. The van der Waals surface area contributed by atoms with E-state index in [0.717, 1.165) is 0 Å². The molecule has 4 nitrogen and oxygen atoms in total. The molecule has 0 aromatic heterocycles. The van der Waals surface area contributed by atoms with Crippen molar-refractivity contribution < 1.29 is 9.15 Å². The van der Waals surface area contributed by atoms with Crippen molar-refractivity contribution in [2.75, 3.05) is 6.61 Å². The first kappa shape index (κ1) is 15.6. The lowest BCUT2D eigenvalue weighted by molar-refractivity contribution is 0.340. The quantitative estimate of drug-likeness (QED) is 0.374. The molecule has 1 aliphatic carbocycles. The van der Waals surface area contributed by atoms with Gasteiger partial charge < -0.3 is 9.15 Å². The second-order valence-corrected chi connectivity index (χ2v) is 6.80. The van der Waals surface area contributed by atoms with Gasteiger partial charge >= 0.3 is 0 Å². The Kier molecular flexibility index (Phi) is 4.27. The molecule has 0 bridgehead atoms. The molecule has 6 heteroatoms. The highest BCUT2D eigenvalue weighted by Crippen LogP contribution is 2.36. The maximum Gasteiger partial charge on any atom is 0.209 e. The van der Waals surface area contributed by atoms with E-state index in [4.69, 9.17) is 9.15 Å². The van der Waals surface area contributed by atoms with Crippen LogP contribution >= 0.6 is 45.2 Å². The third-order valence-electron chi connectivity index (χ3n) is 3.26. The van der Waals surface area contributed by atoms with Crippen molar-refractivity contribution in [1.82, 2.24) is 0 Å². The van der Waals surface area contributed by atoms with Crippen LogP contribution in [-0.4, -0.2) is 6.61 Å². The van der Waals surface area contributed by atoms with Crippen LogP contribution in [0, 0.1) is 18.5 Å². The van der Waals surface area contributed by atoms with Crippen LogP contribution in [-0.2, 0) is 0 Å². The van der Waals surface area contributed by atoms with Gasteiger partial charge in [-0.15, -0.1) is 0 Å². The van der Waals surface area contributed by atoms with Crippen molar-refractivity contribution in [3.63, 3.8) is 0 Å². The molecule has 0 atom stereocenters. The molecule has 22 heavy (non-hydrogen) atoms. The smallest absolute Gasteiger partial charge is 0.209 e. The summed E-state index contributed by atoms with van der Waals surface area (Å²) in [4.78, 5) is 12.1. The minimum atomic E-state index is -0.0818. The Balaban J connectivity index is 2.47. The van der Waals surface area contributed by atoms with E-state index < -0.39 is 0 Å². The maximum absolute atomic E-state index is 12.1. The van der Waals surface area contributed by atoms with E-state index in [0.29, 0.717) is 47.4 Å². The van der Waals surface area contributed by atoms with Crippen molar-refractivity contribution in [2.24, 2.45) is 0 Å². The van der Waals surface area contributed by atoms with Gasteiger partial charge in [-0.3, -0.25) is 4.79 Å². The number of nitriles is 1. The third-order valence-corrected chi connectivity index (χ3v) is 5.04. The first-order valence-electron chi connectivity index (χ1n) is 6.48. The summed E-state index contributed by atoms with van der Waals surface area (Å²) in [7, 11) is 0. The molecular formula is C16H9I2NO3. The fourth-order valence-electron chi connectivity index (χ4n) is 2.30. The lowest BCUT2D eigenvalue weighted by Gasteiger charge is -2.13. The summed E-state index contributed by atoms with van der Waals surface area (Å²) in [6.45, 7) is 2.45. The van der Waals surface area contributed by atoms with E-state index in [1.165, 1.54) is 0 Å². The first-order chi connectivity index (χ1) is 10.6. The Bertz CT molecular complexity index is 956. The molecule has 1 aromatic rings. The first-order valence-corrected chi connectivity index (χ1v) is 8.64. The van der Waals surface area contributed by atoms with E-state index in [1.54, 1.807) is 12.1 Å². The zero-order chi connectivity index (χ0) is 15.9. The minimum Gasteiger partial charge on any atom is -0.494 e. The number of halogens is 2. The lowest BCUT2D eigenvalue weighted by atomic mass is 10.0. The zero-order valence-electron chi connectivity index (χ0n) is 11.4. The summed E-state index contributed by atoms with van der Waals surface area (Å²) >= 11 is 3.95. The summed E-state index contributed by atoms with van der Waals surface area (Å²) in [6, 6.07) is 9.31. The highest BCUT2D eigenvalue weighted by atomic mass is 127. The molecule has 0 radical (unpaired) electrons. The largest absolute Gasteiger partial charge is 0.494 e. The SMILES string of the molecule is CCOc1ccc2c(C#N)c3cc(I)c(=O)c(I)c-3oc2c1. The van der Waals surface area contributed by atoms with Crippen molar-refractivity contribution in [1.29, 1.82) is 5.26 Å². The summed E-state index contributed by atoms with van der Waals surface area (Å²) in [5.74, 6) is 1.12. The highest BCUT2D eigenvalue weighted by Gasteiger charge is 2.21. The van der Waals surface area contributed by atoms with Crippen LogP contribution in [0.5, 0.6) is 5.75 Å². The Morgan fingerprint density at radius 3 is 2.77 bits per heavy atom. The van der Waals surface area contributed by atoms with Gasteiger partial charge in [-0.05, 0) is 70.3 Å². The summed E-state index contributed by atoms with van der Waals surface area (Å²) in [5, 5.41) is 10.3. The molecule has 0 saturated carbocycles. The number of nitrogens with zero attached hydrogens (tertiary/aromatic N) is 1. The van der Waals surface area contributed by atoms with E-state index in [9.17, 15) is 10.1 Å². The molecule has 2 aliphatic rings. The van der Waals surface area contributed by atoms with Crippen molar-refractivity contribution in [3.8, 4) is 23.1 Å². The molecule has 0 spiro atoms. The maximum atomic E-state index is 12.1. The summed E-state index contributed by atoms with van der Waals surface area (Å²) in [6.07, 6.45) is 0. The molecule has 0 amide bonds. The molecule has 110 valence electrons. The Morgan fingerprint density at radius 2 is 2.09 bits per heavy atom. The molecule has 0 N–H and O–H groups in total. The number of ether oxygens (including phenoxy) is 1. The van der Waals surface area contributed by atoms with Gasteiger partial charge in [-0.25, -0.2) is 0 Å². The van der Waals surface area contributed by atoms with Crippen molar-refractivity contribution >= 4 is 56.2 Å². The van der Waals surface area contributed by atoms with Crippen LogP contribution in [0.25, 0.3) is 22.3 Å². The standard InChI is InChI=1S/C16H9I2NO3/c1-2-21-8-3-4-9-11(7-19)10-6-12(17)15(20)14(18)16(10)22-13(9)5-8/h3-6H,2H2,1H3. The van der Waals surface area contributed by atoms with Gasteiger partial charge in [0.05, 0.1) is 15.7 Å². The molecule has 3 rings (SSSR count). The topological polar surface area (TPSA) is 63.2 Å². The van der Waals surface area contributed by atoms with Crippen LogP contribution in [0.2, 0.25) is 0 Å². The van der Waals surface area contributed by atoms with Crippen LogP contribution in [0.3, 0.4) is 0 Å². The van der Waals surface area contributed by atoms with Crippen molar-refractivity contribution in [2.45, 2.75) is 6.92 Å². The average Bonchev–Trinajstić information content (AvgIpc) is 2.51. The monoisotopic (exact) mass is 517 g/mol. The number of benzene rings is 2. The van der Waals surface area contributed by atoms with E-state index in [2.05, 4.69) is 6.07 Å². The van der Waals surface area contributed by atoms with Gasteiger partial charge in [-0.1, -0.05) is 0 Å². The Morgan fingerprint density at radius 1 is 1.32 bits per heavy atom. The number of fused-ring (bicyclic) bond motifs is 2. The molecule has 0 fully saturated rings. The number of hydrogen-bond donors (Lipinski definition) is 0. The zero-order valence-corrected chi connectivity index (χ0v) is 15.8. The predicted molar refractivity (Wildman–Crippen MR) is 100 cm³/mol. The van der Waals surface area contributed by atoms with Crippen LogP contribution in [0.1, 0.15) is 12.5 Å². The van der Waals surface area contributed by atoms with Crippen LogP contribution in [0.4, 0.5) is 0 Å². The van der Waals surface area contributed by atoms with E-state index in [1.807, 2.05) is 64.2 Å². The highest BCUT2D eigenvalue weighted by molar-refractivity contribution is 14.1. The van der Waals surface area contributed by atoms with Gasteiger partial charge in [0.15, 0.2) is 5.76 Å². The summed E-state index contributed by atoms with van der Waals surface area (Å²) < 4.78 is 12.4. The average molecular weight is 517 g/mol. The third kappa shape index (κ3) is 2.46. The number of hydrogen-bond acceptors (Lipinski definition) is 4. The second-order valence-electron chi connectivity index (χ2n) is 4.56. The normalized spacial score (nSPS) is 10.8. The molecule has 0 unspecified atom stereocenters.